The van der Waals surface area contributed by atoms with Gasteiger partial charge in [-0.1, -0.05) is 12.1 Å². The average Bonchev–Trinajstić information content (AvgIpc) is 3.47. The van der Waals surface area contributed by atoms with Crippen molar-refractivity contribution < 1.29 is 28.4 Å². The predicted octanol–water partition coefficient (Wildman–Crippen LogP) is 2.46. The van der Waals surface area contributed by atoms with Crippen molar-refractivity contribution in [1.29, 1.82) is 0 Å². The zero-order valence-corrected chi connectivity index (χ0v) is 20.3. The van der Waals surface area contributed by atoms with Crippen LogP contribution in [0.4, 0.5) is 0 Å². The van der Waals surface area contributed by atoms with Gasteiger partial charge in [-0.25, -0.2) is 0 Å². The summed E-state index contributed by atoms with van der Waals surface area (Å²) in [5.41, 5.74) is 1.65. The number of likely N-dealkylation sites (tertiary alicyclic amines) is 1. The van der Waals surface area contributed by atoms with E-state index in [2.05, 4.69) is 10.5 Å². The molecule has 1 aromatic heterocycles. The first-order valence-electron chi connectivity index (χ1n) is 12.6. The number of benzene rings is 1. The SMILES string of the molecule is CCCc1cc(C(=O)N2CCCC[C@H]2COc2ccc3c(c2)CN(C2CCC(=O)NC2=O)C3=O)no1. The Morgan fingerprint density at radius 3 is 2.86 bits per heavy atom. The molecule has 10 nitrogen and oxygen atoms in total. The number of imide groups is 1. The van der Waals surface area contributed by atoms with E-state index in [1.54, 1.807) is 18.2 Å². The molecule has 3 aliphatic rings. The number of hydrogen-bond donors (Lipinski definition) is 1. The molecule has 0 bridgehead atoms. The number of piperidine rings is 2. The zero-order valence-electron chi connectivity index (χ0n) is 20.3. The lowest BCUT2D eigenvalue weighted by Crippen LogP contribution is -2.52. The van der Waals surface area contributed by atoms with Crippen LogP contribution in [0.2, 0.25) is 0 Å². The third-order valence-electron chi connectivity index (χ3n) is 7.10. The van der Waals surface area contributed by atoms with Crippen LogP contribution in [-0.4, -0.2) is 63.8 Å². The quantitative estimate of drug-likeness (QED) is 0.587. The average molecular weight is 495 g/mol. The van der Waals surface area contributed by atoms with Gasteiger partial charge in [0, 0.05) is 37.6 Å². The molecule has 190 valence electrons. The Bertz CT molecular complexity index is 1190. The minimum Gasteiger partial charge on any atom is -0.491 e. The minimum atomic E-state index is -0.650. The van der Waals surface area contributed by atoms with E-state index in [0.29, 0.717) is 42.3 Å². The summed E-state index contributed by atoms with van der Waals surface area (Å²) >= 11 is 0. The highest BCUT2D eigenvalue weighted by Crippen LogP contribution is 2.30. The summed E-state index contributed by atoms with van der Waals surface area (Å²) in [5.74, 6) is 0.219. The molecule has 0 aliphatic carbocycles. The summed E-state index contributed by atoms with van der Waals surface area (Å²) in [5, 5.41) is 6.29. The lowest BCUT2D eigenvalue weighted by atomic mass is 10.0. The van der Waals surface area contributed by atoms with Gasteiger partial charge in [-0.15, -0.1) is 0 Å². The summed E-state index contributed by atoms with van der Waals surface area (Å²) in [4.78, 5) is 53.1. The van der Waals surface area contributed by atoms with Crippen LogP contribution in [0.3, 0.4) is 0 Å². The molecule has 2 saturated heterocycles. The molecule has 0 saturated carbocycles. The molecular weight excluding hydrogens is 464 g/mol. The summed E-state index contributed by atoms with van der Waals surface area (Å²) in [7, 11) is 0. The number of ether oxygens (including phenoxy) is 1. The van der Waals surface area contributed by atoms with E-state index in [1.165, 1.54) is 4.90 Å². The molecule has 5 rings (SSSR count). The van der Waals surface area contributed by atoms with Gasteiger partial charge in [0.05, 0.1) is 6.04 Å². The Balaban J connectivity index is 1.24. The van der Waals surface area contributed by atoms with Crippen molar-refractivity contribution in [2.24, 2.45) is 0 Å². The number of carbonyl (C=O) groups excluding carboxylic acids is 4. The molecule has 1 aromatic carbocycles. The van der Waals surface area contributed by atoms with Gasteiger partial charge in [-0.05, 0) is 55.9 Å². The maximum absolute atomic E-state index is 13.1. The Morgan fingerprint density at radius 1 is 1.19 bits per heavy atom. The molecule has 1 N–H and O–H groups in total. The van der Waals surface area contributed by atoms with Crippen molar-refractivity contribution in [1.82, 2.24) is 20.3 Å². The first-order chi connectivity index (χ1) is 17.4. The Morgan fingerprint density at radius 2 is 2.06 bits per heavy atom. The van der Waals surface area contributed by atoms with Gasteiger partial charge in [-0.2, -0.15) is 0 Å². The topological polar surface area (TPSA) is 122 Å². The first kappa shape index (κ1) is 24.0. The Hall–Kier alpha value is -3.69. The molecule has 4 heterocycles. The van der Waals surface area contributed by atoms with Gasteiger partial charge in [-0.3, -0.25) is 24.5 Å². The fraction of sp³-hybridized carbons (Fsp3) is 0.500. The lowest BCUT2D eigenvalue weighted by Gasteiger charge is -2.35. The van der Waals surface area contributed by atoms with Crippen molar-refractivity contribution in [3.63, 3.8) is 0 Å². The molecule has 1 unspecified atom stereocenters. The number of carbonyl (C=O) groups is 4. The summed E-state index contributed by atoms with van der Waals surface area (Å²) < 4.78 is 11.4. The van der Waals surface area contributed by atoms with Gasteiger partial charge in [0.2, 0.25) is 11.8 Å². The smallest absolute Gasteiger partial charge is 0.276 e. The standard InChI is InChI=1S/C26H30N4O6/c1-2-5-19-13-21(28-36-19)26(34)29-11-4-3-6-17(29)15-35-18-7-8-20-16(12-18)14-30(25(20)33)22-9-10-23(31)27-24(22)32/h7-8,12-13,17,22H,2-6,9-11,14-15H2,1H3,(H,27,31,32)/t17-,22?/m0/s1. The minimum absolute atomic E-state index is 0.0903. The largest absolute Gasteiger partial charge is 0.491 e. The summed E-state index contributed by atoms with van der Waals surface area (Å²) in [6.07, 6.45) is 4.98. The highest BCUT2D eigenvalue weighted by Gasteiger charge is 2.39. The normalized spacial score (nSPS) is 22.0. The maximum Gasteiger partial charge on any atom is 0.276 e. The van der Waals surface area contributed by atoms with Gasteiger partial charge in [0.15, 0.2) is 5.69 Å². The summed E-state index contributed by atoms with van der Waals surface area (Å²) in [6, 6.07) is 6.27. The van der Waals surface area contributed by atoms with E-state index in [1.807, 2.05) is 17.9 Å². The predicted molar refractivity (Wildman–Crippen MR) is 127 cm³/mol. The first-order valence-corrected chi connectivity index (χ1v) is 12.6. The fourth-order valence-electron chi connectivity index (χ4n) is 5.20. The van der Waals surface area contributed by atoms with Crippen molar-refractivity contribution in [2.45, 2.75) is 70.5 Å². The number of amides is 4. The van der Waals surface area contributed by atoms with Crippen molar-refractivity contribution >= 4 is 23.6 Å². The number of nitrogens with one attached hydrogen (secondary N) is 1. The van der Waals surface area contributed by atoms with Crippen LogP contribution in [0.15, 0.2) is 28.8 Å². The van der Waals surface area contributed by atoms with Crippen LogP contribution >= 0.6 is 0 Å². The molecule has 3 aliphatic heterocycles. The van der Waals surface area contributed by atoms with Crippen LogP contribution in [0, 0.1) is 0 Å². The number of hydrogen-bond acceptors (Lipinski definition) is 7. The van der Waals surface area contributed by atoms with E-state index in [-0.39, 0.29) is 36.7 Å². The van der Waals surface area contributed by atoms with Crippen molar-refractivity contribution in [3.05, 3.63) is 46.8 Å². The number of nitrogens with zero attached hydrogens (tertiary/aromatic N) is 3. The van der Waals surface area contributed by atoms with E-state index in [4.69, 9.17) is 9.26 Å². The van der Waals surface area contributed by atoms with Crippen LogP contribution in [-0.2, 0) is 22.6 Å². The van der Waals surface area contributed by atoms with Gasteiger partial charge in [0.25, 0.3) is 11.8 Å². The van der Waals surface area contributed by atoms with Crippen LogP contribution in [0.25, 0.3) is 0 Å². The molecule has 10 heteroatoms. The molecule has 0 spiro atoms. The van der Waals surface area contributed by atoms with E-state index in [9.17, 15) is 19.2 Å². The number of rotatable bonds is 7. The van der Waals surface area contributed by atoms with Crippen LogP contribution in [0.1, 0.15) is 77.6 Å². The third-order valence-corrected chi connectivity index (χ3v) is 7.10. The maximum atomic E-state index is 13.1. The van der Waals surface area contributed by atoms with Crippen LogP contribution < -0.4 is 10.1 Å². The van der Waals surface area contributed by atoms with E-state index < -0.39 is 11.9 Å². The van der Waals surface area contributed by atoms with Gasteiger partial charge >= 0.3 is 0 Å². The van der Waals surface area contributed by atoms with Crippen molar-refractivity contribution in [2.75, 3.05) is 13.2 Å². The Labute approximate surface area is 208 Å². The highest BCUT2D eigenvalue weighted by atomic mass is 16.5. The van der Waals surface area contributed by atoms with E-state index >= 15 is 0 Å². The lowest BCUT2D eigenvalue weighted by molar-refractivity contribution is -0.136. The molecule has 2 fully saturated rings. The molecule has 36 heavy (non-hydrogen) atoms. The number of aromatic nitrogens is 1. The second kappa shape index (κ2) is 10.1. The third kappa shape index (κ3) is 4.72. The van der Waals surface area contributed by atoms with Gasteiger partial charge in [0.1, 0.15) is 24.2 Å². The monoisotopic (exact) mass is 494 g/mol. The molecule has 2 atom stereocenters. The molecular formula is C26H30N4O6. The summed E-state index contributed by atoms with van der Waals surface area (Å²) in [6.45, 7) is 3.30. The fourth-order valence-corrected chi connectivity index (χ4v) is 5.20. The second-order valence-electron chi connectivity index (χ2n) is 9.61. The zero-order chi connectivity index (χ0) is 25.2. The number of fused-ring (bicyclic) bond motifs is 1. The Kier molecular flexibility index (Phi) is 6.75. The molecule has 4 amide bonds. The molecule has 2 aromatic rings. The van der Waals surface area contributed by atoms with Crippen LogP contribution in [0.5, 0.6) is 5.75 Å². The van der Waals surface area contributed by atoms with E-state index in [0.717, 1.165) is 37.7 Å². The molecule has 0 radical (unpaired) electrons. The van der Waals surface area contributed by atoms with Gasteiger partial charge < -0.3 is 19.1 Å². The highest BCUT2D eigenvalue weighted by molar-refractivity contribution is 6.05. The number of aryl methyl sites for hydroxylation is 1. The van der Waals surface area contributed by atoms with Crippen molar-refractivity contribution in [3.8, 4) is 5.75 Å². The second-order valence-corrected chi connectivity index (χ2v) is 9.61.